The predicted octanol–water partition coefficient (Wildman–Crippen LogP) is 9.97. The van der Waals surface area contributed by atoms with Crippen LogP contribution in [0.25, 0.3) is 44.7 Å². The van der Waals surface area contributed by atoms with Gasteiger partial charge in [0.2, 0.25) is 11.0 Å². The van der Waals surface area contributed by atoms with Gasteiger partial charge in [0.1, 0.15) is 9.40 Å². The summed E-state index contributed by atoms with van der Waals surface area (Å²) in [4.78, 5) is 4.29. The summed E-state index contributed by atoms with van der Waals surface area (Å²) < 4.78 is 9.96. The van der Waals surface area contributed by atoms with Crippen LogP contribution in [0, 0.1) is 0 Å². The summed E-state index contributed by atoms with van der Waals surface area (Å²) in [7, 11) is 18.1. The number of hydrogen-bond acceptors (Lipinski definition) is 4. The molecule has 8 heteroatoms. The van der Waals surface area contributed by atoms with Crippen molar-refractivity contribution in [3.8, 4) is 0 Å². The van der Waals surface area contributed by atoms with Gasteiger partial charge in [-0.25, -0.2) is 0 Å². The van der Waals surface area contributed by atoms with Crippen LogP contribution in [0.15, 0.2) is 97.1 Å². The van der Waals surface area contributed by atoms with Crippen molar-refractivity contribution in [2.75, 3.05) is 92.4 Å². The number of fused-ring (bicyclic) bond motifs is 2. The summed E-state index contributed by atoms with van der Waals surface area (Å²) in [5, 5.41) is 2.64. The Hall–Kier alpha value is -4.34. The average Bonchev–Trinajstić information content (AvgIpc) is 3.73. The van der Waals surface area contributed by atoms with Crippen molar-refractivity contribution >= 4 is 78.8 Å². The maximum atomic E-state index is 2.53. The van der Waals surface area contributed by atoms with E-state index < -0.39 is 0 Å². The SMILES string of the molecule is CN(C)c1ccc(/C=C/c2sc3ccccc3[n+]2CCCC[N+](C)(C)CCC[N+](C)(C)CCCC[n+]2c(/C=C/c3ccc(N(C)C)cc3)sc3ccccc32)cc1. The first-order chi connectivity index (χ1) is 27.4. The van der Waals surface area contributed by atoms with Gasteiger partial charge in [-0.3, -0.25) is 0 Å². The normalized spacial score (nSPS) is 12.5. The van der Waals surface area contributed by atoms with E-state index in [0.717, 1.165) is 22.1 Å². The molecule has 0 unspecified atom stereocenters. The highest BCUT2D eigenvalue weighted by atomic mass is 32.1. The van der Waals surface area contributed by atoms with Gasteiger partial charge in [0.25, 0.3) is 10.0 Å². The zero-order valence-corrected chi connectivity index (χ0v) is 37.5. The van der Waals surface area contributed by atoms with Gasteiger partial charge in [-0.15, -0.1) is 0 Å². The van der Waals surface area contributed by atoms with E-state index in [9.17, 15) is 0 Å². The minimum absolute atomic E-state index is 1.05. The lowest BCUT2D eigenvalue weighted by atomic mass is 10.2. The second kappa shape index (κ2) is 19.4. The Morgan fingerprint density at radius 1 is 0.456 bits per heavy atom. The smallest absolute Gasteiger partial charge is 0.262 e. The number of para-hydroxylation sites is 2. The van der Waals surface area contributed by atoms with E-state index in [0.29, 0.717) is 0 Å². The van der Waals surface area contributed by atoms with E-state index in [1.165, 1.54) is 111 Å². The fourth-order valence-corrected chi connectivity index (χ4v) is 9.87. The van der Waals surface area contributed by atoms with E-state index in [4.69, 9.17) is 0 Å². The molecular formula is C49H66N6S2+4. The molecule has 0 aliphatic rings. The van der Waals surface area contributed by atoms with E-state index in [1.807, 2.05) is 22.7 Å². The Morgan fingerprint density at radius 2 is 0.825 bits per heavy atom. The second-order valence-electron chi connectivity index (χ2n) is 17.3. The Kier molecular flexibility index (Phi) is 14.4. The highest BCUT2D eigenvalue weighted by Gasteiger charge is 2.23. The standard InChI is InChI=1S/C49H66N6S2/c1-50(2)42-28-22-40(23-29-42)26-32-48-52(44-18-9-11-20-46(44)56-48)34-13-15-36-54(5,6)38-17-39-55(7,8)37-16-14-35-53-45-19-10-12-21-47(45)57-49(53)33-27-41-24-30-43(31-25-41)51(3)4/h9-12,18-33H,13-17,34-39H2,1-8H3/q+4. The molecule has 4 aromatic carbocycles. The Labute approximate surface area is 351 Å². The summed E-state index contributed by atoms with van der Waals surface area (Å²) >= 11 is 3.79. The predicted molar refractivity (Wildman–Crippen MR) is 250 cm³/mol. The van der Waals surface area contributed by atoms with Crippen molar-refractivity contribution in [2.45, 2.75) is 45.2 Å². The molecule has 0 saturated heterocycles. The molecule has 6 nitrogen and oxygen atoms in total. The topological polar surface area (TPSA) is 14.2 Å². The second-order valence-corrected chi connectivity index (χ2v) is 19.4. The molecule has 0 saturated carbocycles. The number of anilines is 2. The number of unbranched alkanes of at least 4 members (excludes halogenated alkanes) is 2. The van der Waals surface area contributed by atoms with Crippen LogP contribution in [0.3, 0.4) is 0 Å². The number of thiazole rings is 2. The largest absolute Gasteiger partial charge is 0.378 e. The maximum Gasteiger partial charge on any atom is 0.262 e. The van der Waals surface area contributed by atoms with Crippen molar-refractivity contribution in [1.82, 2.24) is 0 Å². The van der Waals surface area contributed by atoms with Crippen LogP contribution in [0.5, 0.6) is 0 Å². The molecule has 0 bridgehead atoms. The van der Waals surface area contributed by atoms with Crippen LogP contribution in [0.4, 0.5) is 11.4 Å². The minimum atomic E-state index is 1.05. The third-order valence-corrected chi connectivity index (χ3v) is 13.5. The number of nitrogens with zero attached hydrogens (tertiary/aromatic N) is 6. The van der Waals surface area contributed by atoms with Gasteiger partial charge in [-0.1, -0.05) is 71.2 Å². The van der Waals surface area contributed by atoms with Crippen LogP contribution in [-0.2, 0) is 13.1 Å². The lowest BCUT2D eigenvalue weighted by molar-refractivity contribution is -0.909. The molecule has 0 N–H and O–H groups in total. The number of benzene rings is 4. The van der Waals surface area contributed by atoms with Crippen LogP contribution in [0.1, 0.15) is 53.2 Å². The van der Waals surface area contributed by atoms with Crippen molar-refractivity contribution in [3.63, 3.8) is 0 Å². The molecule has 0 aliphatic carbocycles. The van der Waals surface area contributed by atoms with Crippen molar-refractivity contribution in [3.05, 3.63) is 118 Å². The highest BCUT2D eigenvalue weighted by Crippen LogP contribution is 2.25. The summed E-state index contributed by atoms with van der Waals surface area (Å²) in [6.45, 7) is 6.97. The Balaban J connectivity index is 0.951. The maximum absolute atomic E-state index is 2.53. The molecule has 0 aliphatic heterocycles. The summed E-state index contributed by atoms with van der Waals surface area (Å²) in [6.07, 6.45) is 15.2. The van der Waals surface area contributed by atoms with Crippen LogP contribution in [-0.4, -0.2) is 91.5 Å². The average molecular weight is 803 g/mol. The van der Waals surface area contributed by atoms with Gasteiger partial charge in [-0.05, 0) is 59.7 Å². The molecule has 300 valence electrons. The van der Waals surface area contributed by atoms with Gasteiger partial charge in [0.05, 0.1) is 54.4 Å². The molecule has 2 aromatic heterocycles. The van der Waals surface area contributed by atoms with Crippen LogP contribution in [0.2, 0.25) is 0 Å². The Morgan fingerprint density at radius 3 is 1.21 bits per heavy atom. The van der Waals surface area contributed by atoms with Gasteiger partial charge in [0, 0.05) is 96.0 Å². The summed E-state index contributed by atoms with van der Waals surface area (Å²) in [5.41, 5.74) is 7.61. The number of rotatable bonds is 20. The number of aryl methyl sites for hydroxylation is 2. The van der Waals surface area contributed by atoms with E-state index in [-0.39, 0.29) is 0 Å². The third kappa shape index (κ3) is 11.9. The highest BCUT2D eigenvalue weighted by molar-refractivity contribution is 7.19. The third-order valence-electron chi connectivity index (χ3n) is 11.2. The molecule has 6 aromatic rings. The van der Waals surface area contributed by atoms with E-state index in [2.05, 4.69) is 197 Å². The molecule has 0 amide bonds. The van der Waals surface area contributed by atoms with Crippen molar-refractivity contribution in [1.29, 1.82) is 0 Å². The quantitative estimate of drug-likeness (QED) is 0.0434. The zero-order chi connectivity index (χ0) is 40.4. The summed E-state index contributed by atoms with van der Waals surface area (Å²) in [6, 6.07) is 35.3. The molecule has 0 spiro atoms. The molecule has 2 heterocycles. The fraction of sp³-hybridized carbons (Fsp3) is 0.388. The fourth-order valence-electron chi connectivity index (χ4n) is 7.69. The number of quaternary nitrogens is 2. The first-order valence-corrected chi connectivity index (χ1v) is 22.4. The molecule has 0 atom stereocenters. The minimum Gasteiger partial charge on any atom is -0.378 e. The van der Waals surface area contributed by atoms with E-state index >= 15 is 0 Å². The monoisotopic (exact) mass is 802 g/mol. The van der Waals surface area contributed by atoms with Gasteiger partial charge < -0.3 is 18.8 Å². The lowest BCUT2D eigenvalue weighted by Crippen LogP contribution is -2.46. The molecular weight excluding hydrogens is 737 g/mol. The van der Waals surface area contributed by atoms with Gasteiger partial charge >= 0.3 is 0 Å². The lowest BCUT2D eigenvalue weighted by Gasteiger charge is -2.33. The first kappa shape index (κ1) is 42.3. The van der Waals surface area contributed by atoms with Crippen molar-refractivity contribution < 1.29 is 18.1 Å². The Bertz CT molecular complexity index is 2080. The zero-order valence-electron chi connectivity index (χ0n) is 35.8. The molecule has 57 heavy (non-hydrogen) atoms. The molecule has 6 rings (SSSR count). The molecule has 0 radical (unpaired) electrons. The molecule has 0 fully saturated rings. The number of aromatic nitrogens is 2. The first-order valence-electron chi connectivity index (χ1n) is 20.8. The van der Waals surface area contributed by atoms with Crippen LogP contribution < -0.4 is 18.9 Å². The number of hydrogen-bond donors (Lipinski definition) is 0. The summed E-state index contributed by atoms with van der Waals surface area (Å²) in [5.74, 6) is 0. The van der Waals surface area contributed by atoms with E-state index in [1.54, 1.807) is 0 Å². The van der Waals surface area contributed by atoms with Gasteiger partial charge in [0.15, 0.2) is 13.1 Å². The van der Waals surface area contributed by atoms with Crippen molar-refractivity contribution in [2.24, 2.45) is 0 Å². The van der Waals surface area contributed by atoms with Gasteiger partial charge in [-0.2, -0.15) is 9.13 Å². The van der Waals surface area contributed by atoms with Crippen LogP contribution >= 0.6 is 22.7 Å².